The number of alkyl halides is 3. The van der Waals surface area contributed by atoms with E-state index in [9.17, 15) is 22.8 Å². The number of amides is 2. The molecule has 0 spiro atoms. The van der Waals surface area contributed by atoms with Crippen LogP contribution in [0.4, 0.5) is 13.2 Å². The van der Waals surface area contributed by atoms with Crippen LogP contribution in [0.3, 0.4) is 0 Å². The van der Waals surface area contributed by atoms with Gasteiger partial charge in [-0.15, -0.1) is 0 Å². The largest absolute Gasteiger partial charge is 0.416 e. The number of pyridine rings is 1. The van der Waals surface area contributed by atoms with Crippen LogP contribution >= 0.6 is 0 Å². The molecule has 0 aliphatic heterocycles. The lowest BCUT2D eigenvalue weighted by Gasteiger charge is -2.09. The third-order valence-corrected chi connectivity index (χ3v) is 4.81. The summed E-state index contributed by atoms with van der Waals surface area (Å²) in [7, 11) is 0. The van der Waals surface area contributed by atoms with Crippen LogP contribution < -0.4 is 10.6 Å². The predicted octanol–water partition coefficient (Wildman–Crippen LogP) is 2.01. The summed E-state index contributed by atoms with van der Waals surface area (Å²) in [5.41, 5.74) is -1.01. The topological polar surface area (TPSA) is 71.1 Å². The van der Waals surface area contributed by atoms with Crippen LogP contribution in [-0.4, -0.2) is 28.4 Å². The van der Waals surface area contributed by atoms with Crippen molar-refractivity contribution < 1.29 is 22.8 Å². The van der Waals surface area contributed by atoms with Crippen molar-refractivity contribution in [2.75, 3.05) is 0 Å². The Balaban J connectivity index is 1.55. The fraction of sp³-hybridized carbons (Fsp3) is 0.312. The van der Waals surface area contributed by atoms with E-state index < -0.39 is 17.6 Å². The van der Waals surface area contributed by atoms with E-state index in [-0.39, 0.29) is 16.8 Å². The number of carbonyl (C=O) groups excluding carboxylic acids is 2. The van der Waals surface area contributed by atoms with Gasteiger partial charge >= 0.3 is 6.18 Å². The molecule has 0 bridgehead atoms. The predicted molar refractivity (Wildman–Crippen MR) is 78.1 cm³/mol. The zero-order valence-electron chi connectivity index (χ0n) is 12.3. The molecule has 124 valence electrons. The first kappa shape index (κ1) is 14.9. The molecule has 0 radical (unpaired) electrons. The minimum atomic E-state index is -4.42. The summed E-state index contributed by atoms with van der Waals surface area (Å²) >= 11 is 0. The minimum absolute atomic E-state index is 0.135. The average molecular weight is 335 g/mol. The van der Waals surface area contributed by atoms with Gasteiger partial charge < -0.3 is 10.6 Å². The first-order valence-corrected chi connectivity index (χ1v) is 7.31. The number of hydrogen-bond acceptors (Lipinski definition) is 3. The second-order valence-electron chi connectivity index (χ2n) is 6.34. The molecule has 2 N–H and O–H groups in total. The van der Waals surface area contributed by atoms with Gasteiger partial charge in [0.05, 0.1) is 22.2 Å². The Bertz CT molecular complexity index is 872. The number of halogens is 3. The van der Waals surface area contributed by atoms with Crippen molar-refractivity contribution >= 4 is 23.2 Å². The van der Waals surface area contributed by atoms with Crippen LogP contribution in [0.5, 0.6) is 0 Å². The summed E-state index contributed by atoms with van der Waals surface area (Å²) in [6.07, 6.45) is -2.43. The van der Waals surface area contributed by atoms with Gasteiger partial charge in [0.1, 0.15) is 5.69 Å². The number of aromatic nitrogens is 1. The first-order valence-electron chi connectivity index (χ1n) is 7.31. The van der Waals surface area contributed by atoms with E-state index in [4.69, 9.17) is 0 Å². The maximum absolute atomic E-state index is 12.7. The van der Waals surface area contributed by atoms with Crippen LogP contribution in [0.25, 0.3) is 10.9 Å². The zero-order valence-corrected chi connectivity index (χ0v) is 12.3. The average Bonchev–Trinajstić information content (AvgIpc) is 3.31. The molecule has 2 aromatic rings. The van der Waals surface area contributed by atoms with Gasteiger partial charge in [-0.1, -0.05) is 6.07 Å². The monoisotopic (exact) mass is 335 g/mol. The Morgan fingerprint density at radius 1 is 1.17 bits per heavy atom. The summed E-state index contributed by atoms with van der Waals surface area (Å²) in [4.78, 5) is 26.9. The van der Waals surface area contributed by atoms with Gasteiger partial charge in [-0.2, -0.15) is 13.2 Å². The highest BCUT2D eigenvalue weighted by atomic mass is 19.4. The Labute approximate surface area is 134 Å². The smallest absolute Gasteiger partial charge is 0.351 e. The van der Waals surface area contributed by atoms with Crippen molar-refractivity contribution in [3.05, 3.63) is 41.6 Å². The van der Waals surface area contributed by atoms with Crippen LogP contribution in [0.15, 0.2) is 30.3 Å². The first-order chi connectivity index (χ1) is 11.3. The van der Waals surface area contributed by atoms with E-state index in [2.05, 4.69) is 15.6 Å². The van der Waals surface area contributed by atoms with Gasteiger partial charge in [0, 0.05) is 5.39 Å². The highest BCUT2D eigenvalue weighted by Crippen LogP contribution is 2.70. The third-order valence-electron chi connectivity index (χ3n) is 4.81. The molecule has 2 saturated carbocycles. The van der Waals surface area contributed by atoms with Crippen molar-refractivity contribution in [1.29, 1.82) is 0 Å². The fourth-order valence-corrected chi connectivity index (χ4v) is 3.16. The Hall–Kier alpha value is -2.64. The molecule has 2 aliphatic carbocycles. The summed E-state index contributed by atoms with van der Waals surface area (Å²) in [5, 5.41) is 5.85. The number of benzene rings is 1. The SMILES string of the molecule is O=CNC12CC1(NC(=O)c1ccc3cc(C(F)(F)F)ccc3n1)C2. The second-order valence-corrected chi connectivity index (χ2v) is 6.34. The second kappa shape index (κ2) is 4.46. The highest BCUT2D eigenvalue weighted by Gasteiger charge is 2.84. The van der Waals surface area contributed by atoms with E-state index in [1.54, 1.807) is 0 Å². The van der Waals surface area contributed by atoms with Gasteiger partial charge in [0.15, 0.2) is 0 Å². The van der Waals surface area contributed by atoms with Gasteiger partial charge in [0.25, 0.3) is 5.91 Å². The summed E-state index contributed by atoms with van der Waals surface area (Å²) in [5.74, 6) is -0.399. The van der Waals surface area contributed by atoms with Crippen LogP contribution in [-0.2, 0) is 11.0 Å². The minimum Gasteiger partial charge on any atom is -0.351 e. The molecule has 1 aromatic heterocycles. The van der Waals surface area contributed by atoms with E-state index in [1.807, 2.05) is 0 Å². The highest BCUT2D eigenvalue weighted by molar-refractivity contribution is 5.96. The summed E-state index contributed by atoms with van der Waals surface area (Å²) in [6, 6.07) is 6.04. The molecular formula is C16H12F3N3O2. The summed E-state index contributed by atoms with van der Waals surface area (Å²) < 4.78 is 38.1. The maximum atomic E-state index is 12.7. The van der Waals surface area contributed by atoms with Crippen molar-refractivity contribution in [2.45, 2.75) is 30.1 Å². The van der Waals surface area contributed by atoms with E-state index in [0.717, 1.165) is 12.1 Å². The van der Waals surface area contributed by atoms with Crippen molar-refractivity contribution in [1.82, 2.24) is 15.6 Å². The van der Waals surface area contributed by atoms with Crippen molar-refractivity contribution in [3.8, 4) is 0 Å². The van der Waals surface area contributed by atoms with Gasteiger partial charge in [0.2, 0.25) is 6.41 Å². The molecular weight excluding hydrogens is 323 g/mol. The quantitative estimate of drug-likeness (QED) is 0.840. The molecule has 4 rings (SSSR count). The number of fused-ring (bicyclic) bond motifs is 2. The Morgan fingerprint density at radius 2 is 1.92 bits per heavy atom. The van der Waals surface area contributed by atoms with Crippen LogP contribution in [0.2, 0.25) is 0 Å². The van der Waals surface area contributed by atoms with E-state index >= 15 is 0 Å². The molecule has 2 fully saturated rings. The lowest BCUT2D eigenvalue weighted by molar-refractivity contribution is -0.137. The summed E-state index contributed by atoms with van der Waals surface area (Å²) in [6.45, 7) is 0. The Kier molecular flexibility index (Phi) is 2.77. The molecule has 2 amide bonds. The Morgan fingerprint density at radius 3 is 2.58 bits per heavy atom. The lowest BCUT2D eigenvalue weighted by Crippen LogP contribution is -2.32. The zero-order chi connectivity index (χ0) is 17.2. The molecule has 8 heteroatoms. The maximum Gasteiger partial charge on any atom is 0.416 e. The molecule has 2 aliphatic rings. The third kappa shape index (κ3) is 2.13. The van der Waals surface area contributed by atoms with Gasteiger partial charge in [-0.05, 0) is 37.1 Å². The van der Waals surface area contributed by atoms with Gasteiger partial charge in [-0.3, -0.25) is 9.59 Å². The molecule has 24 heavy (non-hydrogen) atoms. The lowest BCUT2D eigenvalue weighted by atomic mass is 10.1. The molecule has 1 aromatic carbocycles. The number of rotatable bonds is 4. The molecule has 0 atom stereocenters. The number of hydrogen-bond donors (Lipinski definition) is 2. The molecule has 0 unspecified atom stereocenters. The number of nitrogens with one attached hydrogen (secondary N) is 2. The normalized spacial score (nSPS) is 27.3. The number of nitrogens with zero attached hydrogens (tertiary/aromatic N) is 1. The molecule has 0 saturated heterocycles. The number of carbonyl (C=O) groups is 2. The van der Waals surface area contributed by atoms with Crippen LogP contribution in [0.1, 0.15) is 28.9 Å². The fourth-order valence-electron chi connectivity index (χ4n) is 3.16. The van der Waals surface area contributed by atoms with E-state index in [0.29, 0.717) is 30.2 Å². The van der Waals surface area contributed by atoms with E-state index in [1.165, 1.54) is 18.2 Å². The molecule has 1 heterocycles. The van der Waals surface area contributed by atoms with Crippen LogP contribution in [0, 0.1) is 0 Å². The van der Waals surface area contributed by atoms with Crippen molar-refractivity contribution in [3.63, 3.8) is 0 Å². The molecule has 5 nitrogen and oxygen atoms in total. The van der Waals surface area contributed by atoms with Crippen molar-refractivity contribution in [2.24, 2.45) is 0 Å². The van der Waals surface area contributed by atoms with Gasteiger partial charge in [-0.25, -0.2) is 4.98 Å². The standard InChI is InChI=1S/C16H12F3N3O2/c17-16(18,19)10-2-4-11-9(5-10)1-3-12(21-11)13(24)22-15-6-14(15,7-15)20-8-23/h1-5,8H,6-7H2,(H,20,23)(H,22,24).